The average Bonchev–Trinajstić information content (AvgIpc) is 3.06. The molecular formula is C13H11N5O4S. The number of ether oxygens (including phenoxy) is 2. The number of nitrogens with zero attached hydrogens (tertiary/aromatic N) is 3. The van der Waals surface area contributed by atoms with Crippen molar-refractivity contribution in [1.29, 1.82) is 0 Å². The van der Waals surface area contributed by atoms with Crippen LogP contribution in [0.25, 0.3) is 10.8 Å². The molecule has 0 saturated heterocycles. The van der Waals surface area contributed by atoms with Crippen LogP contribution in [0.3, 0.4) is 0 Å². The predicted molar refractivity (Wildman–Crippen MR) is 83.3 cm³/mol. The molecule has 118 valence electrons. The van der Waals surface area contributed by atoms with Crippen molar-refractivity contribution in [1.82, 2.24) is 20.6 Å². The van der Waals surface area contributed by atoms with E-state index in [4.69, 9.17) is 9.47 Å². The van der Waals surface area contributed by atoms with E-state index in [1.807, 2.05) is 0 Å². The van der Waals surface area contributed by atoms with Gasteiger partial charge in [-0.25, -0.2) is 0 Å². The number of rotatable bonds is 4. The third-order valence-corrected chi connectivity index (χ3v) is 3.98. The average molecular weight is 333 g/mol. The fourth-order valence-electron chi connectivity index (χ4n) is 2.08. The number of carbonyl (C=O) groups excluding carboxylic acids is 1. The number of anilines is 1. The number of benzene rings is 1. The molecule has 0 aliphatic heterocycles. The van der Waals surface area contributed by atoms with Gasteiger partial charge in [-0.1, -0.05) is 22.5 Å². The zero-order valence-electron chi connectivity index (χ0n) is 12.1. The van der Waals surface area contributed by atoms with Gasteiger partial charge in [0, 0.05) is 0 Å². The second-order valence-corrected chi connectivity index (χ2v) is 5.37. The van der Waals surface area contributed by atoms with Crippen LogP contribution >= 0.6 is 11.3 Å². The lowest BCUT2D eigenvalue weighted by atomic mass is 10.1. The van der Waals surface area contributed by atoms with Crippen LogP contribution in [0.2, 0.25) is 0 Å². The summed E-state index contributed by atoms with van der Waals surface area (Å²) >= 11 is 0.796. The van der Waals surface area contributed by atoms with Gasteiger partial charge in [0.05, 0.1) is 24.5 Å². The summed E-state index contributed by atoms with van der Waals surface area (Å²) in [5.41, 5.74) is 0. The normalized spacial score (nSPS) is 10.5. The summed E-state index contributed by atoms with van der Waals surface area (Å²) in [4.78, 5) is 24.8. The van der Waals surface area contributed by atoms with Gasteiger partial charge in [0.1, 0.15) is 0 Å². The van der Waals surface area contributed by atoms with E-state index in [9.17, 15) is 9.59 Å². The molecule has 0 fully saturated rings. The quantitative estimate of drug-likeness (QED) is 0.732. The van der Waals surface area contributed by atoms with Crippen molar-refractivity contribution in [3.05, 3.63) is 32.6 Å². The molecule has 1 aromatic carbocycles. The van der Waals surface area contributed by atoms with Gasteiger partial charge < -0.3 is 9.47 Å². The Hall–Kier alpha value is -3.01. The molecule has 2 N–H and O–H groups in total. The van der Waals surface area contributed by atoms with E-state index < -0.39 is 5.91 Å². The molecular weight excluding hydrogens is 322 g/mol. The smallest absolute Gasteiger partial charge is 0.270 e. The largest absolute Gasteiger partial charge is 0.493 e. The number of H-pyrrole nitrogens is 1. The highest BCUT2D eigenvalue weighted by Gasteiger charge is 2.17. The molecule has 23 heavy (non-hydrogen) atoms. The van der Waals surface area contributed by atoms with E-state index in [0.717, 1.165) is 11.3 Å². The fraction of sp³-hybridized carbons (Fsp3) is 0.154. The van der Waals surface area contributed by atoms with Crippen LogP contribution < -0.4 is 19.5 Å². The maximum Gasteiger partial charge on any atom is 0.270 e. The summed E-state index contributed by atoms with van der Waals surface area (Å²) in [7, 11) is 2.95. The molecule has 0 spiro atoms. The van der Waals surface area contributed by atoms with Crippen molar-refractivity contribution >= 4 is 34.0 Å². The molecule has 0 saturated carbocycles. The van der Waals surface area contributed by atoms with Crippen LogP contribution in [0.15, 0.2) is 23.0 Å². The molecule has 1 amide bonds. The molecule has 0 radical (unpaired) electrons. The monoisotopic (exact) mass is 333 g/mol. The van der Waals surface area contributed by atoms with Crippen molar-refractivity contribution in [2.75, 3.05) is 19.5 Å². The Balaban J connectivity index is 2.08. The molecule has 9 nitrogen and oxygen atoms in total. The lowest BCUT2D eigenvalue weighted by molar-refractivity contribution is 0.102. The van der Waals surface area contributed by atoms with E-state index in [0.29, 0.717) is 22.3 Å². The van der Waals surface area contributed by atoms with E-state index in [-0.39, 0.29) is 15.6 Å². The summed E-state index contributed by atoms with van der Waals surface area (Å²) in [6.07, 6.45) is 0. The zero-order valence-corrected chi connectivity index (χ0v) is 12.9. The van der Waals surface area contributed by atoms with Crippen LogP contribution in [0, 0.1) is 0 Å². The first-order valence-corrected chi connectivity index (χ1v) is 7.19. The second kappa shape index (κ2) is 6.01. The number of nitrogens with one attached hydrogen (secondary N) is 2. The highest BCUT2D eigenvalue weighted by atomic mass is 32.1. The minimum Gasteiger partial charge on any atom is -0.493 e. The van der Waals surface area contributed by atoms with Gasteiger partial charge in [0.25, 0.3) is 11.9 Å². The molecule has 0 bridgehead atoms. The second-order valence-electron chi connectivity index (χ2n) is 4.35. The standard InChI is InChI=1S/C13H11N5O4S/c1-21-7-4-3-6-5-8(11(19)14-13-15-17-18-16-13)23-12(20)9(6)10(7)22-2/h3-5H,1-2H3,(H2,14,15,16,17,18,19). The summed E-state index contributed by atoms with van der Waals surface area (Å²) in [5.74, 6) is 0.330. The first-order chi connectivity index (χ1) is 11.1. The van der Waals surface area contributed by atoms with Gasteiger partial charge in [-0.3, -0.25) is 14.9 Å². The summed E-state index contributed by atoms with van der Waals surface area (Å²) in [6.45, 7) is 0. The number of hydrogen-bond acceptors (Lipinski definition) is 8. The van der Waals surface area contributed by atoms with Crippen molar-refractivity contribution in [3.8, 4) is 11.5 Å². The first kappa shape index (κ1) is 14.9. The lowest BCUT2D eigenvalue weighted by Gasteiger charge is -2.10. The van der Waals surface area contributed by atoms with Crippen LogP contribution in [0.4, 0.5) is 5.95 Å². The van der Waals surface area contributed by atoms with E-state index >= 15 is 0 Å². The van der Waals surface area contributed by atoms with Crippen LogP contribution in [-0.4, -0.2) is 40.8 Å². The van der Waals surface area contributed by atoms with Crippen LogP contribution in [-0.2, 0) is 0 Å². The molecule has 0 aliphatic carbocycles. The van der Waals surface area contributed by atoms with Crippen molar-refractivity contribution in [2.45, 2.75) is 0 Å². The van der Waals surface area contributed by atoms with E-state index in [1.165, 1.54) is 14.2 Å². The lowest BCUT2D eigenvalue weighted by Crippen LogP contribution is -2.14. The van der Waals surface area contributed by atoms with Crippen LogP contribution in [0.5, 0.6) is 11.5 Å². The number of aromatic nitrogens is 4. The number of methoxy groups -OCH3 is 2. The predicted octanol–water partition coefficient (Wildman–Crippen LogP) is 1.04. The Morgan fingerprint density at radius 2 is 2.13 bits per heavy atom. The highest BCUT2D eigenvalue weighted by Crippen LogP contribution is 2.34. The SMILES string of the molecule is COc1ccc2cc(C(=O)Nc3nn[nH]n3)sc(=O)c2c1OC. The first-order valence-electron chi connectivity index (χ1n) is 6.37. The molecule has 0 atom stereocenters. The number of aromatic amines is 1. The summed E-state index contributed by atoms with van der Waals surface area (Å²) in [5, 5.41) is 16.2. The Kier molecular flexibility index (Phi) is 3.89. The molecule has 0 unspecified atom stereocenters. The third kappa shape index (κ3) is 2.71. The molecule has 0 aliphatic rings. The molecule has 2 aromatic heterocycles. The number of hydrogen-bond donors (Lipinski definition) is 2. The van der Waals surface area contributed by atoms with Crippen molar-refractivity contribution < 1.29 is 14.3 Å². The Bertz CT molecular complexity index is 922. The topological polar surface area (TPSA) is 119 Å². The van der Waals surface area contributed by atoms with Crippen LogP contribution in [0.1, 0.15) is 9.67 Å². The Labute approximate surface area is 133 Å². The number of carbonyl (C=O) groups is 1. The van der Waals surface area contributed by atoms with Gasteiger partial charge >= 0.3 is 0 Å². The molecule has 3 rings (SSSR count). The Morgan fingerprint density at radius 3 is 2.78 bits per heavy atom. The maximum absolute atomic E-state index is 12.4. The number of fused-ring (bicyclic) bond motifs is 1. The van der Waals surface area contributed by atoms with Crippen molar-refractivity contribution in [3.63, 3.8) is 0 Å². The molecule has 2 heterocycles. The van der Waals surface area contributed by atoms with Gasteiger partial charge in [0.2, 0.25) is 4.74 Å². The molecule has 3 aromatic rings. The van der Waals surface area contributed by atoms with Gasteiger partial charge in [-0.15, -0.1) is 5.10 Å². The van der Waals surface area contributed by atoms with E-state index in [2.05, 4.69) is 25.9 Å². The zero-order chi connectivity index (χ0) is 16.4. The Morgan fingerprint density at radius 1 is 1.30 bits per heavy atom. The van der Waals surface area contributed by atoms with Gasteiger partial charge in [-0.05, 0) is 22.7 Å². The third-order valence-electron chi connectivity index (χ3n) is 3.07. The summed E-state index contributed by atoms with van der Waals surface area (Å²) in [6, 6.07) is 4.96. The van der Waals surface area contributed by atoms with Gasteiger partial charge in [0.15, 0.2) is 11.5 Å². The minimum absolute atomic E-state index is 0.0297. The number of tetrazole rings is 1. The minimum atomic E-state index is -0.495. The summed E-state index contributed by atoms with van der Waals surface area (Å²) < 4.78 is 10.1. The van der Waals surface area contributed by atoms with E-state index in [1.54, 1.807) is 18.2 Å². The van der Waals surface area contributed by atoms with Crippen molar-refractivity contribution in [2.24, 2.45) is 0 Å². The number of amides is 1. The molecule has 10 heteroatoms. The highest BCUT2D eigenvalue weighted by molar-refractivity contribution is 7.12. The maximum atomic E-state index is 12.4. The fourth-order valence-corrected chi connectivity index (χ4v) is 2.93. The van der Waals surface area contributed by atoms with Gasteiger partial charge in [-0.2, -0.15) is 5.21 Å².